The molecule has 0 atom stereocenters. The number of aromatic nitrogens is 3. The topological polar surface area (TPSA) is 71.8 Å². The monoisotopic (exact) mass is 259 g/mol. The SMILES string of the molecule is CCc1cc(C(=O)Nc2ccn(C)n2)cc(NC)n1. The predicted molar refractivity (Wildman–Crippen MR) is 74.3 cm³/mol. The van der Waals surface area contributed by atoms with Gasteiger partial charge in [0, 0.05) is 37.6 Å². The van der Waals surface area contributed by atoms with Gasteiger partial charge in [0.1, 0.15) is 5.82 Å². The first-order valence-corrected chi connectivity index (χ1v) is 6.12. The lowest BCUT2D eigenvalue weighted by Gasteiger charge is -2.07. The minimum atomic E-state index is -0.188. The number of hydrogen-bond acceptors (Lipinski definition) is 4. The zero-order valence-electron chi connectivity index (χ0n) is 11.3. The van der Waals surface area contributed by atoms with Crippen molar-refractivity contribution in [3.8, 4) is 0 Å². The summed E-state index contributed by atoms with van der Waals surface area (Å²) in [4.78, 5) is 16.5. The number of aryl methyl sites for hydroxylation is 2. The molecule has 2 aromatic heterocycles. The Labute approximate surface area is 111 Å². The fourth-order valence-electron chi connectivity index (χ4n) is 1.70. The van der Waals surface area contributed by atoms with Crippen LogP contribution in [-0.4, -0.2) is 27.7 Å². The summed E-state index contributed by atoms with van der Waals surface area (Å²) in [6.07, 6.45) is 2.55. The van der Waals surface area contributed by atoms with Crippen LogP contribution in [0.1, 0.15) is 23.0 Å². The Morgan fingerprint density at radius 2 is 2.16 bits per heavy atom. The number of nitrogens with one attached hydrogen (secondary N) is 2. The van der Waals surface area contributed by atoms with Crippen molar-refractivity contribution >= 4 is 17.5 Å². The number of amides is 1. The molecule has 0 spiro atoms. The van der Waals surface area contributed by atoms with Gasteiger partial charge in [-0.25, -0.2) is 4.98 Å². The Hall–Kier alpha value is -2.37. The van der Waals surface area contributed by atoms with E-state index in [1.807, 2.05) is 6.92 Å². The molecule has 0 bridgehead atoms. The van der Waals surface area contributed by atoms with Crippen molar-refractivity contribution in [1.29, 1.82) is 0 Å². The van der Waals surface area contributed by atoms with Gasteiger partial charge in [0.15, 0.2) is 5.82 Å². The van der Waals surface area contributed by atoms with Gasteiger partial charge in [-0.15, -0.1) is 0 Å². The van der Waals surface area contributed by atoms with E-state index in [1.165, 1.54) is 0 Å². The molecule has 0 aliphatic rings. The quantitative estimate of drug-likeness (QED) is 0.876. The van der Waals surface area contributed by atoms with Gasteiger partial charge in [0.2, 0.25) is 0 Å². The van der Waals surface area contributed by atoms with Gasteiger partial charge in [-0.3, -0.25) is 9.48 Å². The van der Waals surface area contributed by atoms with Gasteiger partial charge in [-0.1, -0.05) is 6.92 Å². The highest BCUT2D eigenvalue weighted by Gasteiger charge is 2.10. The molecule has 2 aromatic rings. The highest BCUT2D eigenvalue weighted by molar-refractivity contribution is 6.04. The minimum Gasteiger partial charge on any atom is -0.373 e. The highest BCUT2D eigenvalue weighted by atomic mass is 16.1. The Bertz CT molecular complexity index is 568. The number of carbonyl (C=O) groups excluding carboxylic acids is 1. The Morgan fingerprint density at radius 1 is 1.37 bits per heavy atom. The van der Waals surface area contributed by atoms with E-state index < -0.39 is 0 Å². The molecule has 0 unspecified atom stereocenters. The van der Waals surface area contributed by atoms with E-state index in [4.69, 9.17) is 0 Å². The highest BCUT2D eigenvalue weighted by Crippen LogP contribution is 2.13. The molecule has 19 heavy (non-hydrogen) atoms. The normalized spacial score (nSPS) is 10.3. The summed E-state index contributed by atoms with van der Waals surface area (Å²) in [6.45, 7) is 2.00. The lowest BCUT2D eigenvalue weighted by atomic mass is 10.2. The molecule has 0 saturated carbocycles. The second-order valence-electron chi connectivity index (χ2n) is 4.16. The fraction of sp³-hybridized carbons (Fsp3) is 0.308. The van der Waals surface area contributed by atoms with E-state index in [0.29, 0.717) is 17.2 Å². The van der Waals surface area contributed by atoms with E-state index in [9.17, 15) is 4.79 Å². The molecule has 0 radical (unpaired) electrons. The summed E-state index contributed by atoms with van der Waals surface area (Å²) in [5.41, 5.74) is 1.44. The first-order chi connectivity index (χ1) is 9.12. The zero-order valence-corrected chi connectivity index (χ0v) is 11.3. The van der Waals surface area contributed by atoms with Crippen LogP contribution in [0.3, 0.4) is 0 Å². The zero-order chi connectivity index (χ0) is 13.8. The molecule has 2 rings (SSSR count). The van der Waals surface area contributed by atoms with Gasteiger partial charge in [0.05, 0.1) is 0 Å². The maximum Gasteiger partial charge on any atom is 0.257 e. The largest absolute Gasteiger partial charge is 0.373 e. The van der Waals surface area contributed by atoms with E-state index in [2.05, 4.69) is 20.7 Å². The van der Waals surface area contributed by atoms with Crippen LogP contribution in [0.5, 0.6) is 0 Å². The Morgan fingerprint density at radius 3 is 2.74 bits per heavy atom. The second-order valence-corrected chi connectivity index (χ2v) is 4.16. The van der Waals surface area contributed by atoms with E-state index in [-0.39, 0.29) is 5.91 Å². The van der Waals surface area contributed by atoms with Gasteiger partial charge in [-0.05, 0) is 18.6 Å². The van der Waals surface area contributed by atoms with E-state index in [1.54, 1.807) is 43.2 Å². The summed E-state index contributed by atoms with van der Waals surface area (Å²) in [5, 5.41) is 9.82. The van der Waals surface area contributed by atoms with E-state index >= 15 is 0 Å². The third-order valence-electron chi connectivity index (χ3n) is 2.71. The molecule has 0 saturated heterocycles. The summed E-state index contributed by atoms with van der Waals surface area (Å²) < 4.78 is 1.64. The molecule has 0 aromatic carbocycles. The third kappa shape index (κ3) is 3.09. The van der Waals surface area contributed by atoms with Crippen molar-refractivity contribution in [2.24, 2.45) is 7.05 Å². The van der Waals surface area contributed by atoms with E-state index in [0.717, 1.165) is 12.1 Å². The molecule has 100 valence electrons. The molecular weight excluding hydrogens is 242 g/mol. The molecular formula is C13H17N5O. The molecule has 2 heterocycles. The number of pyridine rings is 1. The molecule has 6 nitrogen and oxygen atoms in total. The number of nitrogens with zero attached hydrogens (tertiary/aromatic N) is 3. The maximum atomic E-state index is 12.1. The fourth-order valence-corrected chi connectivity index (χ4v) is 1.70. The van der Waals surface area contributed by atoms with Crippen LogP contribution in [0.4, 0.5) is 11.6 Å². The average Bonchev–Trinajstić information content (AvgIpc) is 2.83. The van der Waals surface area contributed by atoms with Gasteiger partial charge in [-0.2, -0.15) is 5.10 Å². The molecule has 6 heteroatoms. The van der Waals surface area contributed by atoms with Crippen LogP contribution in [-0.2, 0) is 13.5 Å². The summed E-state index contributed by atoms with van der Waals surface area (Å²) in [6, 6.07) is 5.26. The lowest BCUT2D eigenvalue weighted by molar-refractivity contribution is 0.102. The van der Waals surface area contributed by atoms with Crippen molar-refractivity contribution in [1.82, 2.24) is 14.8 Å². The predicted octanol–water partition coefficient (Wildman–Crippen LogP) is 1.67. The molecule has 1 amide bonds. The number of anilines is 2. The number of carbonyl (C=O) groups is 1. The smallest absolute Gasteiger partial charge is 0.257 e. The van der Waals surface area contributed by atoms with Crippen molar-refractivity contribution < 1.29 is 4.79 Å². The Kier molecular flexibility index (Phi) is 3.79. The minimum absolute atomic E-state index is 0.188. The summed E-state index contributed by atoms with van der Waals surface area (Å²) >= 11 is 0. The van der Waals surface area contributed by atoms with Crippen LogP contribution in [0.15, 0.2) is 24.4 Å². The van der Waals surface area contributed by atoms with Crippen LogP contribution in [0.2, 0.25) is 0 Å². The van der Waals surface area contributed by atoms with Crippen LogP contribution >= 0.6 is 0 Å². The first kappa shape index (κ1) is 13.1. The first-order valence-electron chi connectivity index (χ1n) is 6.12. The summed E-state index contributed by atoms with van der Waals surface area (Å²) in [7, 11) is 3.58. The second kappa shape index (κ2) is 5.51. The standard InChI is InChI=1S/C13H17N5O/c1-4-10-7-9(8-12(14-2)15-10)13(19)16-11-5-6-18(3)17-11/h5-8H,4H2,1-3H3,(H,14,15)(H,16,17,19). The Balaban J connectivity index is 2.22. The lowest BCUT2D eigenvalue weighted by Crippen LogP contribution is -2.14. The van der Waals surface area contributed by atoms with Crippen LogP contribution < -0.4 is 10.6 Å². The van der Waals surface area contributed by atoms with Crippen molar-refractivity contribution in [3.05, 3.63) is 35.7 Å². The van der Waals surface area contributed by atoms with Gasteiger partial charge < -0.3 is 10.6 Å². The molecule has 0 aliphatic carbocycles. The molecule has 0 fully saturated rings. The number of hydrogen-bond donors (Lipinski definition) is 2. The van der Waals surface area contributed by atoms with Crippen molar-refractivity contribution in [2.75, 3.05) is 17.7 Å². The third-order valence-corrected chi connectivity index (χ3v) is 2.71. The summed E-state index contributed by atoms with van der Waals surface area (Å²) in [5.74, 6) is 1.03. The molecule has 0 aliphatic heterocycles. The van der Waals surface area contributed by atoms with Gasteiger partial charge >= 0.3 is 0 Å². The van der Waals surface area contributed by atoms with Gasteiger partial charge in [0.25, 0.3) is 5.91 Å². The van der Waals surface area contributed by atoms with Crippen LogP contribution in [0, 0.1) is 0 Å². The average molecular weight is 259 g/mol. The van der Waals surface area contributed by atoms with Crippen molar-refractivity contribution in [3.63, 3.8) is 0 Å². The maximum absolute atomic E-state index is 12.1. The number of rotatable bonds is 4. The van der Waals surface area contributed by atoms with Crippen molar-refractivity contribution in [2.45, 2.75) is 13.3 Å². The molecule has 2 N–H and O–H groups in total. The van der Waals surface area contributed by atoms with Crippen LogP contribution in [0.25, 0.3) is 0 Å².